The average Bonchev–Trinajstić information content (AvgIpc) is 3.82. The minimum absolute atomic E-state index is 0.0238. The van der Waals surface area contributed by atoms with Crippen LogP contribution in [-0.4, -0.2) is 196 Å². The number of carbonyl (C=O) groups excluding carboxylic acids is 1. The lowest BCUT2D eigenvalue weighted by Crippen LogP contribution is -2.59. The van der Waals surface area contributed by atoms with Crippen LogP contribution in [0.3, 0.4) is 0 Å². The monoisotopic (exact) mass is 1060 g/mol. The summed E-state index contributed by atoms with van der Waals surface area (Å²) in [5.74, 6) is -2.23. The molecule has 0 saturated carbocycles. The summed E-state index contributed by atoms with van der Waals surface area (Å²) in [6.45, 7) is 17.7. The molecule has 20 heteroatoms. The minimum Gasteiger partial charge on any atom is -0.459 e. The lowest BCUT2D eigenvalue weighted by molar-refractivity contribution is -0.308. The van der Waals surface area contributed by atoms with Crippen molar-refractivity contribution in [1.82, 2.24) is 24.8 Å². The van der Waals surface area contributed by atoms with Gasteiger partial charge in [0.1, 0.15) is 42.7 Å². The van der Waals surface area contributed by atoms with E-state index < -0.39 is 115 Å². The lowest BCUT2D eigenvalue weighted by atomic mass is 9.77. The maximum absolute atomic E-state index is 14.8. The van der Waals surface area contributed by atoms with Gasteiger partial charge in [0, 0.05) is 81.4 Å². The number of likely N-dealkylation sites (N-methyl/N-ethyl adjacent to an activating group) is 2. The summed E-state index contributed by atoms with van der Waals surface area (Å²) in [6.07, 6.45) is -4.69. The summed E-state index contributed by atoms with van der Waals surface area (Å²) in [6, 6.07) is 6.14. The van der Waals surface area contributed by atoms with Gasteiger partial charge in [-0.1, -0.05) is 38.1 Å². The van der Waals surface area contributed by atoms with E-state index >= 15 is 0 Å². The molecule has 0 unspecified atom stereocenters. The zero-order valence-electron chi connectivity index (χ0n) is 45.9. The zero-order valence-corrected chi connectivity index (χ0v) is 46.7. The zero-order chi connectivity index (χ0) is 54.2. The van der Waals surface area contributed by atoms with Crippen molar-refractivity contribution in [3.63, 3.8) is 0 Å². The van der Waals surface area contributed by atoms with Crippen molar-refractivity contribution in [2.75, 3.05) is 60.5 Å². The summed E-state index contributed by atoms with van der Waals surface area (Å²) < 4.78 is 73.5. The largest absolute Gasteiger partial charge is 0.459 e. The van der Waals surface area contributed by atoms with Crippen molar-refractivity contribution in [3.05, 3.63) is 41.7 Å². The van der Waals surface area contributed by atoms with Crippen LogP contribution in [0, 0.1) is 17.8 Å². The number of nitrogens with zero attached hydrogens (tertiary/aromatic N) is 5. The number of aliphatic hydroxyl groups excluding tert-OH is 2. The molecule has 0 amide bonds. The second-order valence-electron chi connectivity index (χ2n) is 22.0. The molecule has 0 spiro atoms. The van der Waals surface area contributed by atoms with Crippen LogP contribution in [0.5, 0.6) is 0 Å². The fourth-order valence-electron chi connectivity index (χ4n) is 11.4. The number of alkyl halides is 2. The Morgan fingerprint density at radius 3 is 2.26 bits per heavy atom. The van der Waals surface area contributed by atoms with E-state index in [1.807, 2.05) is 71.0 Å². The van der Waals surface area contributed by atoms with E-state index in [1.54, 1.807) is 40.8 Å². The SMILES string of the molecule is CC[C@H]1OC(=O)[C@H](C)[C@@H](O[C@H]2C[C@@](C)(OC)[C@@H](O)[C@H](C)O2)[C@H](C)[C@@H](O[C@H]2C[C@@H](N(C)CCc3cn([C@H](CF)[C@H](OC)c4ccc(SCCF)cc4)nn3)C[C@@H](C)O2)[C@](C)(O)C[C@@H](C)CN(C)[C@H](C)[C@@H](O)[C@]1(C)O. The van der Waals surface area contributed by atoms with Crippen molar-refractivity contribution in [3.8, 4) is 0 Å². The Morgan fingerprint density at radius 2 is 1.64 bits per heavy atom. The molecule has 3 fully saturated rings. The number of esters is 1. The number of rotatable bonds is 18. The Kier molecular flexibility index (Phi) is 22.5. The Balaban J connectivity index is 1.41. The van der Waals surface area contributed by atoms with Crippen LogP contribution in [0.2, 0.25) is 0 Å². The number of ether oxygens (including phenoxy) is 7. The fraction of sp³-hybridized carbons (Fsp3) is 0.830. The van der Waals surface area contributed by atoms with Gasteiger partial charge in [0.2, 0.25) is 0 Å². The second-order valence-corrected chi connectivity index (χ2v) is 23.2. The number of methoxy groups -OCH3 is 2. The molecule has 0 bridgehead atoms. The Morgan fingerprint density at radius 1 is 0.959 bits per heavy atom. The third-order valence-electron chi connectivity index (χ3n) is 16.0. The Hall–Kier alpha value is -2.44. The first kappa shape index (κ1) is 61.4. The topological polar surface area (TPSA) is 200 Å². The maximum Gasteiger partial charge on any atom is 0.311 e. The van der Waals surface area contributed by atoms with Crippen LogP contribution in [0.15, 0.2) is 35.4 Å². The van der Waals surface area contributed by atoms with Gasteiger partial charge in [-0.3, -0.25) is 9.18 Å². The van der Waals surface area contributed by atoms with E-state index in [1.165, 1.54) is 37.6 Å². The van der Waals surface area contributed by atoms with Gasteiger partial charge in [-0.15, -0.1) is 16.9 Å². The molecule has 19 atom stereocenters. The van der Waals surface area contributed by atoms with Gasteiger partial charge in [-0.05, 0) is 105 Å². The normalized spacial score (nSPS) is 38.6. The van der Waals surface area contributed by atoms with Crippen molar-refractivity contribution >= 4 is 17.7 Å². The van der Waals surface area contributed by atoms with E-state index in [0.717, 1.165) is 10.5 Å². The minimum atomic E-state index is -1.82. The summed E-state index contributed by atoms with van der Waals surface area (Å²) in [7, 11) is 6.93. The summed E-state index contributed by atoms with van der Waals surface area (Å²) in [5.41, 5.74) is -2.96. The molecule has 0 aliphatic carbocycles. The molecular weight excluding hydrogens is 969 g/mol. The first-order valence-corrected chi connectivity index (χ1v) is 27.2. The molecule has 418 valence electrons. The number of thioether (sulfide) groups is 1. The summed E-state index contributed by atoms with van der Waals surface area (Å²) in [5, 5.41) is 56.2. The Labute approximate surface area is 437 Å². The molecule has 1 aromatic carbocycles. The highest BCUT2D eigenvalue weighted by Crippen LogP contribution is 2.41. The molecule has 1 aromatic heterocycles. The van der Waals surface area contributed by atoms with Crippen molar-refractivity contribution in [1.29, 1.82) is 0 Å². The van der Waals surface area contributed by atoms with Crippen LogP contribution in [0.1, 0.15) is 125 Å². The van der Waals surface area contributed by atoms with Crippen LogP contribution >= 0.6 is 11.8 Å². The highest BCUT2D eigenvalue weighted by atomic mass is 32.2. The standard InChI is InChI=1S/C53H89F2N5O12S/c1-15-42-53(10,65)47(61)35(6)59(12)29-31(2)26-51(8,64)49(33(4)45(34(5)50(63)70-42)71-44-27-52(9,67-14)48(62)36(7)69-44)72-43-25-39(24-32(3)68-43)58(11)22-20-38-30-60(57-56-38)41(28-55)46(66-13)37-16-18-40(19-17-37)73-23-21-54/h16-19,30-36,39,41-49,61-62,64-65H,15,20-29H2,1-14H3/t31-,32-,33+,34-,35-,36+,39+,41-,42-,43+,44+,45+,46-,47-,48+,49-,51-,52-,53-/m1/s1. The smallest absolute Gasteiger partial charge is 0.311 e. The van der Waals surface area contributed by atoms with Crippen LogP contribution in [-0.2, 0) is 44.4 Å². The van der Waals surface area contributed by atoms with Crippen LogP contribution < -0.4 is 0 Å². The van der Waals surface area contributed by atoms with Crippen LogP contribution in [0.4, 0.5) is 8.78 Å². The molecule has 0 radical (unpaired) electrons. The Bertz CT molecular complexity index is 1990. The van der Waals surface area contributed by atoms with Gasteiger partial charge in [0.25, 0.3) is 0 Å². The van der Waals surface area contributed by atoms with Gasteiger partial charge in [0.05, 0.1) is 53.9 Å². The van der Waals surface area contributed by atoms with Gasteiger partial charge in [-0.2, -0.15) is 0 Å². The number of benzene rings is 1. The predicted molar refractivity (Wildman–Crippen MR) is 273 cm³/mol. The molecule has 17 nitrogen and oxygen atoms in total. The molecule has 3 aliphatic heterocycles. The molecule has 2 aromatic rings. The number of cyclic esters (lactones) is 1. The second kappa shape index (κ2) is 26.7. The number of aliphatic hydroxyl groups is 4. The number of carbonyl (C=O) groups is 1. The number of halogens is 2. The summed E-state index contributed by atoms with van der Waals surface area (Å²) >= 11 is 1.41. The molecule has 73 heavy (non-hydrogen) atoms. The van der Waals surface area contributed by atoms with Crippen LogP contribution in [0.25, 0.3) is 0 Å². The first-order valence-electron chi connectivity index (χ1n) is 26.2. The fourth-order valence-corrected chi connectivity index (χ4v) is 12.0. The average molecular weight is 1060 g/mol. The van der Waals surface area contributed by atoms with E-state index in [0.29, 0.717) is 43.8 Å². The third-order valence-corrected chi connectivity index (χ3v) is 16.9. The summed E-state index contributed by atoms with van der Waals surface area (Å²) in [4.78, 5) is 19.6. The van der Waals surface area contributed by atoms with Gasteiger partial charge >= 0.3 is 5.97 Å². The molecule has 3 saturated heterocycles. The first-order chi connectivity index (χ1) is 34.3. The lowest BCUT2D eigenvalue weighted by Gasteiger charge is -2.48. The molecule has 4 N–H and O–H groups in total. The highest BCUT2D eigenvalue weighted by Gasteiger charge is 2.52. The number of hydrogen-bond acceptors (Lipinski definition) is 17. The van der Waals surface area contributed by atoms with E-state index in [4.69, 9.17) is 33.2 Å². The molecular formula is C53H89F2N5O12S. The van der Waals surface area contributed by atoms with E-state index in [-0.39, 0.29) is 37.3 Å². The number of aromatic nitrogens is 3. The van der Waals surface area contributed by atoms with Gasteiger partial charge in [-0.25, -0.2) is 9.07 Å². The molecule has 3 aliphatic rings. The number of hydrogen-bond donors (Lipinski definition) is 4. The van der Waals surface area contributed by atoms with Crippen molar-refractivity contribution < 1.29 is 67.2 Å². The highest BCUT2D eigenvalue weighted by molar-refractivity contribution is 7.99. The van der Waals surface area contributed by atoms with E-state index in [9.17, 15) is 34.0 Å². The quantitative estimate of drug-likeness (QED) is 0.0986. The maximum atomic E-state index is 14.8. The van der Waals surface area contributed by atoms with Crippen molar-refractivity contribution in [2.45, 2.75) is 209 Å². The van der Waals surface area contributed by atoms with Gasteiger partial charge < -0.3 is 63.4 Å². The predicted octanol–water partition coefficient (Wildman–Crippen LogP) is 6.09. The van der Waals surface area contributed by atoms with Gasteiger partial charge in [0.15, 0.2) is 12.6 Å². The molecule has 5 rings (SSSR count). The van der Waals surface area contributed by atoms with E-state index in [2.05, 4.69) is 15.2 Å². The third kappa shape index (κ3) is 15.2. The van der Waals surface area contributed by atoms with Crippen molar-refractivity contribution in [2.24, 2.45) is 17.8 Å². The molecule has 4 heterocycles.